The van der Waals surface area contributed by atoms with E-state index in [0.29, 0.717) is 30.3 Å². The summed E-state index contributed by atoms with van der Waals surface area (Å²) in [5.74, 6) is 0.925. The van der Waals surface area contributed by atoms with E-state index in [0.717, 1.165) is 26.2 Å². The van der Waals surface area contributed by atoms with E-state index in [1.54, 1.807) is 30.7 Å². The van der Waals surface area contributed by atoms with Crippen LogP contribution in [0.25, 0.3) is 11.5 Å². The summed E-state index contributed by atoms with van der Waals surface area (Å²) in [6.45, 7) is 4.83. The normalized spacial score (nSPS) is 15.6. The van der Waals surface area contributed by atoms with Gasteiger partial charge >= 0.3 is 0 Å². The van der Waals surface area contributed by atoms with Gasteiger partial charge < -0.3 is 13.8 Å². The molecule has 8 nitrogen and oxygen atoms in total. The molecule has 1 aliphatic rings. The number of aromatic nitrogens is 3. The Morgan fingerprint density at radius 2 is 2.00 bits per heavy atom. The van der Waals surface area contributed by atoms with Crippen LogP contribution in [0.2, 0.25) is 0 Å². The number of rotatable bonds is 5. The van der Waals surface area contributed by atoms with Gasteiger partial charge in [-0.15, -0.1) is 0 Å². The van der Waals surface area contributed by atoms with E-state index in [1.807, 2.05) is 21.8 Å². The van der Waals surface area contributed by atoms with Crippen LogP contribution in [0.15, 0.2) is 51.9 Å². The van der Waals surface area contributed by atoms with Crippen molar-refractivity contribution >= 4 is 5.91 Å². The molecule has 1 fully saturated rings. The first-order chi connectivity index (χ1) is 12.3. The molecule has 0 atom stereocenters. The van der Waals surface area contributed by atoms with Crippen molar-refractivity contribution in [3.63, 3.8) is 0 Å². The molecule has 4 rings (SSSR count). The predicted molar refractivity (Wildman–Crippen MR) is 88.8 cm³/mol. The zero-order chi connectivity index (χ0) is 17.1. The number of carbonyl (C=O) groups is 1. The minimum atomic E-state index is -0.103. The zero-order valence-corrected chi connectivity index (χ0v) is 13.7. The van der Waals surface area contributed by atoms with Crippen molar-refractivity contribution in [1.29, 1.82) is 0 Å². The smallest absolute Gasteiger partial charge is 0.276 e. The average Bonchev–Trinajstić information content (AvgIpc) is 3.42. The molecular weight excluding hydrogens is 322 g/mol. The van der Waals surface area contributed by atoms with Gasteiger partial charge in [-0.05, 0) is 18.2 Å². The van der Waals surface area contributed by atoms with Gasteiger partial charge in [0, 0.05) is 51.2 Å². The molecule has 3 aromatic heterocycles. The highest BCUT2D eigenvalue weighted by Crippen LogP contribution is 2.21. The largest absolute Gasteiger partial charge is 0.461 e. The number of piperazine rings is 1. The molecule has 0 radical (unpaired) electrons. The fraction of sp³-hybridized carbons (Fsp3) is 0.353. The Labute approximate surface area is 144 Å². The number of furan rings is 1. The second-order valence-corrected chi connectivity index (χ2v) is 5.96. The van der Waals surface area contributed by atoms with E-state index in [2.05, 4.69) is 15.2 Å². The topological polar surface area (TPSA) is 80.5 Å². The van der Waals surface area contributed by atoms with Gasteiger partial charge in [0.25, 0.3) is 5.91 Å². The molecule has 0 spiro atoms. The Morgan fingerprint density at radius 3 is 2.72 bits per heavy atom. The summed E-state index contributed by atoms with van der Waals surface area (Å²) in [4.78, 5) is 16.7. The van der Waals surface area contributed by atoms with Crippen LogP contribution in [-0.4, -0.2) is 63.4 Å². The Balaban J connectivity index is 1.30. The average molecular weight is 341 g/mol. The number of amides is 1. The molecule has 8 heteroatoms. The maximum Gasteiger partial charge on any atom is 0.276 e. The Morgan fingerprint density at radius 1 is 1.12 bits per heavy atom. The molecule has 3 aromatic rings. The van der Waals surface area contributed by atoms with E-state index in [4.69, 9.17) is 8.94 Å². The van der Waals surface area contributed by atoms with E-state index >= 15 is 0 Å². The van der Waals surface area contributed by atoms with Crippen LogP contribution >= 0.6 is 0 Å². The fourth-order valence-corrected chi connectivity index (χ4v) is 2.92. The summed E-state index contributed by atoms with van der Waals surface area (Å²) >= 11 is 0. The van der Waals surface area contributed by atoms with E-state index in [9.17, 15) is 4.79 Å². The lowest BCUT2D eigenvalue weighted by Crippen LogP contribution is -2.49. The van der Waals surface area contributed by atoms with Crippen LogP contribution in [0.5, 0.6) is 0 Å². The van der Waals surface area contributed by atoms with Crippen LogP contribution in [0.4, 0.5) is 0 Å². The first kappa shape index (κ1) is 15.6. The number of hydrogen-bond acceptors (Lipinski definition) is 6. The second kappa shape index (κ2) is 6.94. The lowest BCUT2D eigenvalue weighted by molar-refractivity contribution is 0.0622. The molecule has 1 saturated heterocycles. The van der Waals surface area contributed by atoms with Gasteiger partial charge in [0.1, 0.15) is 0 Å². The highest BCUT2D eigenvalue weighted by atomic mass is 16.5. The van der Waals surface area contributed by atoms with Crippen LogP contribution in [0.3, 0.4) is 0 Å². The number of nitrogens with zero attached hydrogens (tertiary/aromatic N) is 5. The maximum absolute atomic E-state index is 12.6. The summed E-state index contributed by atoms with van der Waals surface area (Å²) < 4.78 is 12.4. The molecule has 1 aliphatic heterocycles. The minimum Gasteiger partial charge on any atom is -0.461 e. The minimum absolute atomic E-state index is 0.103. The van der Waals surface area contributed by atoms with Crippen molar-refractivity contribution in [3.05, 3.63) is 48.6 Å². The van der Waals surface area contributed by atoms with Crippen molar-refractivity contribution in [2.24, 2.45) is 0 Å². The summed E-state index contributed by atoms with van der Waals surface area (Å²) in [5.41, 5.74) is 0.316. The van der Waals surface area contributed by atoms with Crippen LogP contribution in [0.1, 0.15) is 10.5 Å². The van der Waals surface area contributed by atoms with Crippen LogP contribution in [0, 0.1) is 0 Å². The van der Waals surface area contributed by atoms with Gasteiger partial charge in [-0.2, -0.15) is 5.10 Å². The van der Waals surface area contributed by atoms with Gasteiger partial charge in [0.2, 0.25) is 5.76 Å². The van der Waals surface area contributed by atoms with Crippen LogP contribution in [-0.2, 0) is 6.54 Å². The molecule has 130 valence electrons. The molecular formula is C17H19N5O3. The molecule has 0 aliphatic carbocycles. The monoisotopic (exact) mass is 341 g/mol. The van der Waals surface area contributed by atoms with Crippen molar-refractivity contribution in [1.82, 2.24) is 24.7 Å². The molecule has 4 heterocycles. The number of hydrogen-bond donors (Lipinski definition) is 0. The lowest BCUT2D eigenvalue weighted by atomic mass is 10.2. The SMILES string of the molecule is O=C(c1cc(-c2ccco2)on1)N1CCN(CCn2cccn2)CC1. The van der Waals surface area contributed by atoms with Gasteiger partial charge in [-0.25, -0.2) is 0 Å². The van der Waals surface area contributed by atoms with Crippen molar-refractivity contribution in [2.75, 3.05) is 32.7 Å². The van der Waals surface area contributed by atoms with E-state index < -0.39 is 0 Å². The highest BCUT2D eigenvalue weighted by molar-refractivity contribution is 5.93. The first-order valence-corrected chi connectivity index (χ1v) is 8.29. The fourth-order valence-electron chi connectivity index (χ4n) is 2.92. The lowest BCUT2D eigenvalue weighted by Gasteiger charge is -2.34. The molecule has 0 N–H and O–H groups in total. The summed E-state index contributed by atoms with van der Waals surface area (Å²) in [6, 6.07) is 7.09. The molecule has 25 heavy (non-hydrogen) atoms. The molecule has 0 saturated carbocycles. The quantitative estimate of drug-likeness (QED) is 0.701. The third kappa shape index (κ3) is 3.48. The van der Waals surface area contributed by atoms with Crippen LogP contribution < -0.4 is 0 Å². The maximum atomic E-state index is 12.6. The Bertz CT molecular complexity index is 801. The Kier molecular flexibility index (Phi) is 4.34. The van der Waals surface area contributed by atoms with Crippen molar-refractivity contribution < 1.29 is 13.7 Å². The molecule has 0 bridgehead atoms. The van der Waals surface area contributed by atoms with Crippen molar-refractivity contribution in [3.8, 4) is 11.5 Å². The van der Waals surface area contributed by atoms with E-state index in [-0.39, 0.29) is 5.91 Å². The third-order valence-corrected chi connectivity index (χ3v) is 4.36. The van der Waals surface area contributed by atoms with Gasteiger partial charge in [0.05, 0.1) is 12.8 Å². The zero-order valence-electron chi connectivity index (χ0n) is 13.7. The standard InChI is InChI=1S/C17H19N5O3/c23-17(14-13-16(25-19-14)15-3-1-12-24-15)21-9-6-20(7-10-21)8-11-22-5-2-4-18-22/h1-5,12-13H,6-11H2. The Hall–Kier alpha value is -2.87. The third-order valence-electron chi connectivity index (χ3n) is 4.36. The first-order valence-electron chi connectivity index (χ1n) is 8.29. The van der Waals surface area contributed by atoms with Gasteiger partial charge in [0.15, 0.2) is 11.5 Å². The van der Waals surface area contributed by atoms with E-state index in [1.165, 1.54) is 0 Å². The molecule has 0 aromatic carbocycles. The number of carbonyl (C=O) groups excluding carboxylic acids is 1. The summed E-state index contributed by atoms with van der Waals surface area (Å²) in [5, 5.41) is 8.09. The second-order valence-electron chi connectivity index (χ2n) is 5.96. The van der Waals surface area contributed by atoms with Gasteiger partial charge in [-0.1, -0.05) is 5.16 Å². The predicted octanol–water partition coefficient (Wildman–Crippen LogP) is 1.59. The summed E-state index contributed by atoms with van der Waals surface area (Å²) in [6.07, 6.45) is 5.30. The molecule has 0 unspecified atom stereocenters. The molecule has 1 amide bonds. The van der Waals surface area contributed by atoms with Crippen molar-refractivity contribution in [2.45, 2.75) is 6.54 Å². The highest BCUT2D eigenvalue weighted by Gasteiger charge is 2.25. The van der Waals surface area contributed by atoms with Gasteiger partial charge in [-0.3, -0.25) is 14.4 Å². The summed E-state index contributed by atoms with van der Waals surface area (Å²) in [7, 11) is 0.